The number of nitrogen functional groups attached to an aromatic ring is 1. The molecule has 208 valence electrons. The van der Waals surface area contributed by atoms with Crippen molar-refractivity contribution in [1.29, 1.82) is 0 Å². The van der Waals surface area contributed by atoms with Gasteiger partial charge in [-0.15, -0.1) is 28.2 Å². The minimum Gasteiger partial charge on any atom is -0.493 e. The number of rotatable bonds is 9. The predicted molar refractivity (Wildman–Crippen MR) is 140 cm³/mol. The number of aromatic hydroxyl groups is 1. The standard InChI is InChI=1S/C20H17N9O8S3/c1-37-27-9(8-5-39-18(21)23-8)12(30)24-10-14(32)28-11(17(35)36)6(3-38-15(10)28)4-40-20-25-19-22-2-7(16(33)34)13(31)29(19)26-20/h2,5,10,15,31H,3-4H2,1H3,(H2,21,23)(H,24,30)(H,33,34)(H,35,36)/t10-,15-/m1/s1. The molecule has 3 aromatic rings. The Bertz CT molecular complexity index is 1630. The van der Waals surface area contributed by atoms with Crippen LogP contribution in [-0.2, 0) is 19.2 Å². The molecule has 0 aromatic carbocycles. The van der Waals surface area contributed by atoms with Gasteiger partial charge in [0.05, 0.1) is 6.20 Å². The van der Waals surface area contributed by atoms with Crippen molar-refractivity contribution in [3.05, 3.63) is 34.1 Å². The maximum atomic E-state index is 13.0. The van der Waals surface area contributed by atoms with Crippen LogP contribution < -0.4 is 11.1 Å². The van der Waals surface area contributed by atoms with E-state index in [4.69, 9.17) is 15.7 Å². The summed E-state index contributed by atoms with van der Waals surface area (Å²) in [5, 5.41) is 40.6. The number of β-lactam (4-membered cyclic amide) rings is 1. The number of anilines is 1. The molecule has 2 aliphatic rings. The maximum absolute atomic E-state index is 13.0. The highest BCUT2D eigenvalue weighted by Gasteiger charge is 2.54. The van der Waals surface area contributed by atoms with E-state index in [2.05, 4.69) is 30.5 Å². The number of amides is 2. The lowest BCUT2D eigenvalue weighted by Crippen LogP contribution is -2.71. The first kappa shape index (κ1) is 27.1. The molecule has 2 amide bonds. The Kier molecular flexibility index (Phi) is 7.21. The lowest BCUT2D eigenvalue weighted by molar-refractivity contribution is -0.150. The first-order valence-electron chi connectivity index (χ1n) is 10.9. The van der Waals surface area contributed by atoms with Gasteiger partial charge in [-0.25, -0.2) is 19.6 Å². The highest BCUT2D eigenvalue weighted by molar-refractivity contribution is 8.01. The number of thioether (sulfide) groups is 2. The fourth-order valence-corrected chi connectivity index (χ4v) is 6.72. The number of aromatic carboxylic acids is 1. The maximum Gasteiger partial charge on any atom is 0.352 e. The molecule has 20 heteroatoms. The third-order valence-electron chi connectivity index (χ3n) is 5.63. The molecule has 3 aromatic heterocycles. The molecule has 2 atom stereocenters. The second-order valence-corrected chi connectivity index (χ2v) is 10.9. The molecular weight excluding hydrogens is 590 g/mol. The van der Waals surface area contributed by atoms with Crippen molar-refractivity contribution >= 4 is 75.2 Å². The lowest BCUT2D eigenvalue weighted by Gasteiger charge is -2.49. The van der Waals surface area contributed by atoms with Gasteiger partial charge in [-0.2, -0.15) is 9.50 Å². The van der Waals surface area contributed by atoms with E-state index >= 15 is 0 Å². The van der Waals surface area contributed by atoms with Gasteiger partial charge in [0.15, 0.2) is 10.8 Å². The van der Waals surface area contributed by atoms with E-state index in [-0.39, 0.29) is 44.7 Å². The van der Waals surface area contributed by atoms with Crippen molar-refractivity contribution in [2.75, 3.05) is 24.3 Å². The smallest absolute Gasteiger partial charge is 0.352 e. The van der Waals surface area contributed by atoms with Gasteiger partial charge in [-0.1, -0.05) is 16.9 Å². The average molecular weight is 608 g/mol. The van der Waals surface area contributed by atoms with Crippen LogP contribution >= 0.6 is 34.9 Å². The largest absolute Gasteiger partial charge is 0.493 e. The van der Waals surface area contributed by atoms with Gasteiger partial charge in [-0.05, 0) is 5.57 Å². The molecule has 0 unspecified atom stereocenters. The Morgan fingerprint density at radius 1 is 1.30 bits per heavy atom. The Morgan fingerprint density at radius 2 is 2.08 bits per heavy atom. The van der Waals surface area contributed by atoms with Crippen LogP contribution in [0.15, 0.2) is 33.2 Å². The van der Waals surface area contributed by atoms with Crippen molar-refractivity contribution < 1.29 is 39.3 Å². The fourth-order valence-electron chi connectivity index (χ4n) is 3.87. The van der Waals surface area contributed by atoms with Crippen LogP contribution in [0.1, 0.15) is 16.1 Å². The number of oxime groups is 1. The molecular formula is C20H17N9O8S3. The van der Waals surface area contributed by atoms with Crippen LogP contribution in [0.3, 0.4) is 0 Å². The summed E-state index contributed by atoms with van der Waals surface area (Å²) in [6.07, 6.45) is 0.945. The summed E-state index contributed by atoms with van der Waals surface area (Å²) < 4.78 is 0.858. The summed E-state index contributed by atoms with van der Waals surface area (Å²) in [6, 6.07) is -1.02. The number of carboxylic acids is 2. The molecule has 5 rings (SSSR count). The van der Waals surface area contributed by atoms with Crippen LogP contribution in [0.25, 0.3) is 5.78 Å². The van der Waals surface area contributed by atoms with Crippen molar-refractivity contribution in [1.82, 2.24) is 34.8 Å². The molecule has 5 heterocycles. The number of nitrogens with one attached hydrogen (secondary N) is 1. The van der Waals surface area contributed by atoms with Crippen LogP contribution in [0.5, 0.6) is 5.88 Å². The molecule has 2 aliphatic heterocycles. The van der Waals surface area contributed by atoms with Crippen molar-refractivity contribution in [3.8, 4) is 5.88 Å². The van der Waals surface area contributed by atoms with E-state index in [9.17, 15) is 29.4 Å². The number of aliphatic carboxylic acids is 1. The van der Waals surface area contributed by atoms with Crippen LogP contribution in [0.2, 0.25) is 0 Å². The minimum atomic E-state index is -1.40. The van der Waals surface area contributed by atoms with Crippen LogP contribution in [-0.4, -0.2) is 104 Å². The zero-order valence-corrected chi connectivity index (χ0v) is 22.5. The molecule has 0 bridgehead atoms. The van der Waals surface area contributed by atoms with Crippen LogP contribution in [0.4, 0.5) is 5.13 Å². The minimum absolute atomic E-state index is 0.0521. The van der Waals surface area contributed by atoms with Crippen molar-refractivity contribution in [2.45, 2.75) is 16.6 Å². The Morgan fingerprint density at radius 3 is 2.73 bits per heavy atom. The Hall–Kier alpha value is -4.43. The second-order valence-electron chi connectivity index (χ2n) is 8.01. The lowest BCUT2D eigenvalue weighted by atomic mass is 10.0. The SMILES string of the molecule is CON=C(C(=O)N[C@@H]1C(=O)N2C(C(=O)O)=C(CSc3nc4ncc(C(=O)O)c(O)n4n3)CS[C@H]12)c1csc(N)n1. The van der Waals surface area contributed by atoms with Gasteiger partial charge in [0.25, 0.3) is 17.6 Å². The number of carbonyl (C=O) groups is 4. The monoisotopic (exact) mass is 607 g/mol. The van der Waals surface area contributed by atoms with E-state index in [0.717, 1.165) is 38.7 Å². The van der Waals surface area contributed by atoms with E-state index in [0.29, 0.717) is 5.57 Å². The Labute approximate surface area is 235 Å². The number of hydrogen-bond donors (Lipinski definition) is 5. The van der Waals surface area contributed by atoms with Crippen molar-refractivity contribution in [2.24, 2.45) is 5.16 Å². The number of nitrogens with zero attached hydrogens (tertiary/aromatic N) is 7. The number of nitrogens with two attached hydrogens (primary N) is 1. The number of fused-ring (bicyclic) bond motifs is 2. The number of hydrogen-bond acceptors (Lipinski definition) is 15. The summed E-state index contributed by atoms with van der Waals surface area (Å²) in [5.74, 6) is -4.51. The van der Waals surface area contributed by atoms with Crippen LogP contribution in [0, 0.1) is 0 Å². The summed E-state index contributed by atoms with van der Waals surface area (Å²) in [7, 11) is 1.24. The van der Waals surface area contributed by atoms with Crippen molar-refractivity contribution in [3.63, 3.8) is 0 Å². The van der Waals surface area contributed by atoms with Gasteiger partial charge >= 0.3 is 11.9 Å². The molecule has 1 fully saturated rings. The topological polar surface area (TPSA) is 248 Å². The third kappa shape index (κ3) is 4.75. The molecule has 40 heavy (non-hydrogen) atoms. The summed E-state index contributed by atoms with van der Waals surface area (Å²) in [6.45, 7) is 0. The van der Waals surface area contributed by atoms with E-state index in [1.165, 1.54) is 24.3 Å². The Balaban J connectivity index is 1.32. The molecule has 0 saturated carbocycles. The molecule has 17 nitrogen and oxygen atoms in total. The number of aromatic nitrogens is 5. The van der Waals surface area contributed by atoms with Gasteiger partial charge in [0.2, 0.25) is 11.0 Å². The molecule has 6 N–H and O–H groups in total. The van der Waals surface area contributed by atoms with E-state index in [1.54, 1.807) is 0 Å². The molecule has 0 aliphatic carbocycles. The third-order valence-corrected chi connectivity index (χ3v) is 8.56. The molecule has 0 radical (unpaired) electrons. The average Bonchev–Trinajstić information content (AvgIpc) is 3.54. The van der Waals surface area contributed by atoms with Gasteiger partial charge in [0.1, 0.15) is 35.5 Å². The number of thiazole rings is 1. The zero-order valence-electron chi connectivity index (χ0n) is 20.0. The highest BCUT2D eigenvalue weighted by atomic mass is 32.2. The highest BCUT2D eigenvalue weighted by Crippen LogP contribution is 2.41. The summed E-state index contributed by atoms with van der Waals surface area (Å²) in [4.78, 5) is 67.0. The quantitative estimate of drug-likeness (QED) is 0.0886. The fraction of sp³-hybridized carbons (Fsp3) is 0.250. The summed E-state index contributed by atoms with van der Waals surface area (Å²) in [5.41, 5.74) is 5.32. The first-order valence-corrected chi connectivity index (χ1v) is 13.9. The second kappa shape index (κ2) is 10.6. The van der Waals surface area contributed by atoms with E-state index < -0.39 is 46.6 Å². The van der Waals surface area contributed by atoms with Gasteiger partial charge < -0.3 is 31.2 Å². The molecule has 0 spiro atoms. The summed E-state index contributed by atoms with van der Waals surface area (Å²) >= 11 is 3.36. The predicted octanol–water partition coefficient (Wildman–Crippen LogP) is -0.552. The van der Waals surface area contributed by atoms with Gasteiger partial charge in [-0.3, -0.25) is 14.5 Å². The van der Waals surface area contributed by atoms with Gasteiger partial charge in [0, 0.05) is 16.9 Å². The number of carboxylic acid groups (broad SMARTS) is 2. The molecule has 1 saturated heterocycles. The normalized spacial score (nSPS) is 18.9. The zero-order chi connectivity index (χ0) is 28.7. The number of carbonyl (C=O) groups excluding carboxylic acids is 2. The first-order chi connectivity index (χ1) is 19.1. The van der Waals surface area contributed by atoms with E-state index in [1.807, 2.05) is 0 Å².